The van der Waals surface area contributed by atoms with Crippen molar-refractivity contribution in [2.45, 2.75) is 32.5 Å². The van der Waals surface area contributed by atoms with E-state index >= 15 is 0 Å². The molecule has 0 aromatic heterocycles. The topological polar surface area (TPSA) is 38.7 Å². The first kappa shape index (κ1) is 11.4. The highest BCUT2D eigenvalue weighted by molar-refractivity contribution is 5.36. The van der Waals surface area contributed by atoms with Gasteiger partial charge in [0.15, 0.2) is 0 Å². The van der Waals surface area contributed by atoms with Gasteiger partial charge >= 0.3 is 0 Å². The van der Waals surface area contributed by atoms with E-state index < -0.39 is 0 Å². The van der Waals surface area contributed by atoms with E-state index in [0.717, 1.165) is 36.3 Å². The van der Waals surface area contributed by atoms with Crippen LogP contribution >= 0.6 is 0 Å². The Bertz CT molecular complexity index is 343. The van der Waals surface area contributed by atoms with Crippen molar-refractivity contribution in [1.29, 1.82) is 0 Å². The Morgan fingerprint density at radius 1 is 1.50 bits per heavy atom. The summed E-state index contributed by atoms with van der Waals surface area (Å²) < 4.78 is 11.2. The maximum atomic E-state index is 9.26. The summed E-state index contributed by atoms with van der Waals surface area (Å²) in [5.74, 6) is 0.781. The van der Waals surface area contributed by atoms with Crippen molar-refractivity contribution in [2.75, 3.05) is 13.2 Å². The average Bonchev–Trinajstić information content (AvgIpc) is 2.33. The Balaban J connectivity index is 2.07. The lowest BCUT2D eigenvalue weighted by Gasteiger charge is -2.24. The van der Waals surface area contributed by atoms with E-state index in [-0.39, 0.29) is 12.7 Å². The van der Waals surface area contributed by atoms with E-state index in [1.54, 1.807) is 0 Å². The fourth-order valence-corrected chi connectivity index (χ4v) is 1.93. The molecule has 3 nitrogen and oxygen atoms in total. The molecular formula is C13H18O3. The number of hydrogen-bond acceptors (Lipinski definition) is 3. The number of ether oxygens (including phenoxy) is 2. The van der Waals surface area contributed by atoms with Gasteiger partial charge in [0.25, 0.3) is 0 Å². The minimum atomic E-state index is 0.0184. The van der Waals surface area contributed by atoms with Crippen LogP contribution in [0.5, 0.6) is 5.75 Å². The second kappa shape index (κ2) is 5.32. The molecule has 1 atom stereocenters. The minimum absolute atomic E-state index is 0.0184. The third kappa shape index (κ3) is 2.74. The molecule has 0 radical (unpaired) electrons. The van der Waals surface area contributed by atoms with Gasteiger partial charge in [-0.05, 0) is 25.8 Å². The van der Waals surface area contributed by atoms with Gasteiger partial charge in [-0.3, -0.25) is 0 Å². The van der Waals surface area contributed by atoms with Crippen molar-refractivity contribution in [1.82, 2.24) is 0 Å². The number of aliphatic hydroxyl groups excluding tert-OH is 1. The fourth-order valence-electron chi connectivity index (χ4n) is 1.93. The summed E-state index contributed by atoms with van der Waals surface area (Å²) in [7, 11) is 0. The van der Waals surface area contributed by atoms with Gasteiger partial charge in [0.05, 0.1) is 13.2 Å². The maximum absolute atomic E-state index is 9.26. The van der Waals surface area contributed by atoms with Crippen LogP contribution in [0.1, 0.15) is 24.0 Å². The molecule has 1 N–H and O–H groups in total. The first-order chi connectivity index (χ1) is 7.79. The van der Waals surface area contributed by atoms with Crippen LogP contribution < -0.4 is 4.74 Å². The molecule has 0 bridgehead atoms. The second-order valence-electron chi connectivity index (χ2n) is 4.23. The fraction of sp³-hybridized carbons (Fsp3) is 0.538. The maximum Gasteiger partial charge on any atom is 0.125 e. The summed E-state index contributed by atoms with van der Waals surface area (Å²) in [6.07, 6.45) is 2.20. The van der Waals surface area contributed by atoms with Gasteiger partial charge in [0.2, 0.25) is 0 Å². The highest BCUT2D eigenvalue weighted by Gasteiger charge is 2.16. The van der Waals surface area contributed by atoms with Crippen LogP contribution in [0.4, 0.5) is 0 Å². The van der Waals surface area contributed by atoms with Gasteiger partial charge in [0, 0.05) is 12.2 Å². The Kier molecular flexibility index (Phi) is 3.80. The van der Waals surface area contributed by atoms with E-state index in [0.29, 0.717) is 6.61 Å². The zero-order valence-corrected chi connectivity index (χ0v) is 9.61. The van der Waals surface area contributed by atoms with Crippen LogP contribution in [0.25, 0.3) is 0 Å². The lowest BCUT2D eigenvalue weighted by atomic mass is 10.1. The summed E-state index contributed by atoms with van der Waals surface area (Å²) in [6.45, 7) is 3.51. The van der Waals surface area contributed by atoms with E-state index in [4.69, 9.17) is 9.47 Å². The normalized spacial score (nSPS) is 20.8. The van der Waals surface area contributed by atoms with Crippen molar-refractivity contribution in [3.8, 4) is 5.75 Å². The van der Waals surface area contributed by atoms with Crippen molar-refractivity contribution in [3.05, 3.63) is 29.3 Å². The first-order valence-corrected chi connectivity index (χ1v) is 5.74. The largest absolute Gasteiger partial charge is 0.488 e. The molecule has 3 heteroatoms. The monoisotopic (exact) mass is 222 g/mol. The Morgan fingerprint density at radius 3 is 3.06 bits per heavy atom. The van der Waals surface area contributed by atoms with Crippen molar-refractivity contribution >= 4 is 0 Å². The molecule has 1 aliphatic rings. The minimum Gasteiger partial charge on any atom is -0.488 e. The molecule has 0 saturated carbocycles. The molecule has 1 fully saturated rings. The van der Waals surface area contributed by atoms with Crippen molar-refractivity contribution < 1.29 is 14.6 Å². The van der Waals surface area contributed by atoms with Gasteiger partial charge in [-0.1, -0.05) is 17.7 Å². The molecule has 1 unspecified atom stereocenters. The molecule has 16 heavy (non-hydrogen) atoms. The molecule has 1 aliphatic heterocycles. The SMILES string of the molecule is Cc1ccc(OC2CCCOC2)c(CO)c1. The molecule has 1 aromatic rings. The number of aryl methyl sites for hydroxylation is 1. The summed E-state index contributed by atoms with van der Waals surface area (Å²) in [4.78, 5) is 0. The Morgan fingerprint density at radius 2 is 2.38 bits per heavy atom. The molecule has 1 aromatic carbocycles. The third-order valence-corrected chi connectivity index (χ3v) is 2.80. The molecule has 0 amide bonds. The van der Waals surface area contributed by atoms with Gasteiger partial charge < -0.3 is 14.6 Å². The highest BCUT2D eigenvalue weighted by atomic mass is 16.5. The molecule has 2 rings (SSSR count). The zero-order valence-electron chi connectivity index (χ0n) is 9.61. The summed E-state index contributed by atoms with van der Waals surface area (Å²) in [6, 6.07) is 5.88. The Hall–Kier alpha value is -1.06. The van der Waals surface area contributed by atoms with E-state index in [9.17, 15) is 5.11 Å². The van der Waals surface area contributed by atoms with E-state index in [1.807, 2.05) is 25.1 Å². The second-order valence-corrected chi connectivity index (χ2v) is 4.23. The molecule has 1 heterocycles. The molecular weight excluding hydrogens is 204 g/mol. The summed E-state index contributed by atoms with van der Waals surface area (Å²) in [5, 5.41) is 9.26. The third-order valence-electron chi connectivity index (χ3n) is 2.80. The van der Waals surface area contributed by atoms with Gasteiger partial charge in [-0.2, -0.15) is 0 Å². The number of rotatable bonds is 3. The highest BCUT2D eigenvalue weighted by Crippen LogP contribution is 2.23. The van der Waals surface area contributed by atoms with Crippen molar-refractivity contribution in [3.63, 3.8) is 0 Å². The van der Waals surface area contributed by atoms with Crippen LogP contribution in [0, 0.1) is 6.92 Å². The Labute approximate surface area is 96.0 Å². The van der Waals surface area contributed by atoms with Crippen molar-refractivity contribution in [2.24, 2.45) is 0 Å². The lowest BCUT2D eigenvalue weighted by molar-refractivity contribution is 0.00660. The zero-order chi connectivity index (χ0) is 11.4. The predicted molar refractivity (Wildman–Crippen MR) is 61.6 cm³/mol. The van der Waals surface area contributed by atoms with E-state index in [2.05, 4.69) is 0 Å². The lowest BCUT2D eigenvalue weighted by Crippen LogP contribution is -2.28. The number of benzene rings is 1. The number of hydrogen-bond donors (Lipinski definition) is 1. The molecule has 88 valence electrons. The van der Waals surface area contributed by atoms with Gasteiger partial charge in [-0.25, -0.2) is 0 Å². The smallest absolute Gasteiger partial charge is 0.125 e. The molecule has 1 saturated heterocycles. The van der Waals surface area contributed by atoms with E-state index in [1.165, 1.54) is 0 Å². The van der Waals surface area contributed by atoms with Crippen LogP contribution in [-0.2, 0) is 11.3 Å². The summed E-state index contributed by atoms with van der Waals surface area (Å²) >= 11 is 0. The summed E-state index contributed by atoms with van der Waals surface area (Å²) in [5.41, 5.74) is 1.99. The van der Waals surface area contributed by atoms with Crippen LogP contribution in [0.2, 0.25) is 0 Å². The molecule has 0 spiro atoms. The van der Waals surface area contributed by atoms with Gasteiger partial charge in [0.1, 0.15) is 11.9 Å². The quantitative estimate of drug-likeness (QED) is 0.850. The standard InChI is InChI=1S/C13H18O3/c1-10-4-5-13(11(7-10)8-14)16-12-3-2-6-15-9-12/h4-5,7,12,14H,2-3,6,8-9H2,1H3. The van der Waals surface area contributed by atoms with Crippen LogP contribution in [0.15, 0.2) is 18.2 Å². The van der Waals surface area contributed by atoms with Crippen LogP contribution in [0.3, 0.4) is 0 Å². The molecule has 0 aliphatic carbocycles. The average molecular weight is 222 g/mol. The van der Waals surface area contributed by atoms with Crippen LogP contribution in [-0.4, -0.2) is 24.4 Å². The number of aliphatic hydroxyl groups is 1. The predicted octanol–water partition coefficient (Wildman–Crippen LogP) is 2.05. The van der Waals surface area contributed by atoms with Gasteiger partial charge in [-0.15, -0.1) is 0 Å². The first-order valence-electron chi connectivity index (χ1n) is 5.74.